The second kappa shape index (κ2) is 8.52. The van der Waals surface area contributed by atoms with Crippen LogP contribution in [-0.2, 0) is 10.3 Å². The highest BCUT2D eigenvalue weighted by Gasteiger charge is 2.50. The predicted molar refractivity (Wildman–Crippen MR) is 103 cm³/mol. The minimum atomic E-state index is -4.85. The van der Waals surface area contributed by atoms with Crippen molar-refractivity contribution in [1.82, 2.24) is 4.98 Å². The summed E-state index contributed by atoms with van der Waals surface area (Å²) in [6.07, 6.45) is -10.2. The van der Waals surface area contributed by atoms with E-state index in [-0.39, 0.29) is 16.9 Å². The van der Waals surface area contributed by atoms with E-state index in [0.29, 0.717) is 6.07 Å². The van der Waals surface area contributed by atoms with Crippen molar-refractivity contribution in [3.05, 3.63) is 58.4 Å². The third-order valence-electron chi connectivity index (χ3n) is 5.00. The summed E-state index contributed by atoms with van der Waals surface area (Å²) in [7, 11) is 0. The number of pyridine rings is 1. The van der Waals surface area contributed by atoms with Crippen molar-refractivity contribution < 1.29 is 40.3 Å². The normalized spacial score (nSPS) is 20.9. The van der Waals surface area contributed by atoms with Gasteiger partial charge in [-0.2, -0.15) is 13.2 Å². The SMILES string of the molecule is Cc1cc(C(F)F)cnc1C(=O)Nc1cc(F)c(F)c([C@@]2(C)C[C@@H](C(F)(F)F)OC(N)=N2)c1. The van der Waals surface area contributed by atoms with Crippen LogP contribution in [0.3, 0.4) is 0 Å². The number of nitrogens with one attached hydrogen (secondary N) is 1. The number of anilines is 1. The molecule has 2 atom stereocenters. The number of ether oxygens (including phenoxy) is 1. The summed E-state index contributed by atoms with van der Waals surface area (Å²) in [5.41, 5.74) is 1.87. The Morgan fingerprint density at radius 2 is 1.94 bits per heavy atom. The molecule has 1 aliphatic rings. The highest BCUT2D eigenvalue weighted by Crippen LogP contribution is 2.42. The number of aromatic nitrogens is 1. The van der Waals surface area contributed by atoms with Gasteiger partial charge in [0.1, 0.15) is 5.69 Å². The van der Waals surface area contributed by atoms with Crippen molar-refractivity contribution >= 4 is 17.6 Å². The molecule has 3 rings (SSSR count). The van der Waals surface area contributed by atoms with Gasteiger partial charge >= 0.3 is 6.18 Å². The second-order valence-electron chi connectivity index (χ2n) is 7.58. The number of halogens is 7. The summed E-state index contributed by atoms with van der Waals surface area (Å²) in [4.78, 5) is 19.9. The van der Waals surface area contributed by atoms with Crippen LogP contribution in [0.1, 0.15) is 46.9 Å². The summed E-state index contributed by atoms with van der Waals surface area (Å²) in [5, 5.41) is 2.24. The first kappa shape index (κ1) is 24.3. The molecule has 2 aromatic rings. The lowest BCUT2D eigenvalue weighted by molar-refractivity contribution is -0.208. The molecule has 1 aliphatic heterocycles. The van der Waals surface area contributed by atoms with Crippen LogP contribution in [0.25, 0.3) is 0 Å². The first-order valence-corrected chi connectivity index (χ1v) is 9.35. The van der Waals surface area contributed by atoms with Crippen LogP contribution in [0.5, 0.6) is 0 Å². The van der Waals surface area contributed by atoms with Gasteiger partial charge in [0.25, 0.3) is 18.4 Å². The number of amidine groups is 1. The Kier molecular flexibility index (Phi) is 6.27. The molecule has 33 heavy (non-hydrogen) atoms. The number of hydrogen-bond acceptors (Lipinski definition) is 5. The van der Waals surface area contributed by atoms with E-state index in [9.17, 15) is 35.5 Å². The van der Waals surface area contributed by atoms with E-state index >= 15 is 0 Å². The van der Waals surface area contributed by atoms with E-state index in [4.69, 9.17) is 5.73 Å². The molecular weight excluding hydrogens is 461 g/mol. The van der Waals surface area contributed by atoms with E-state index in [2.05, 4.69) is 20.0 Å². The quantitative estimate of drug-likeness (QED) is 0.622. The Balaban J connectivity index is 1.97. The lowest BCUT2D eigenvalue weighted by Gasteiger charge is -2.36. The molecule has 0 radical (unpaired) electrons. The van der Waals surface area contributed by atoms with E-state index in [1.807, 2.05) is 0 Å². The van der Waals surface area contributed by atoms with E-state index < -0.39 is 65.4 Å². The van der Waals surface area contributed by atoms with Gasteiger partial charge in [0.15, 0.2) is 17.7 Å². The van der Waals surface area contributed by atoms with Gasteiger partial charge in [-0.15, -0.1) is 0 Å². The molecule has 3 N–H and O–H groups in total. The number of nitrogens with zero attached hydrogens (tertiary/aromatic N) is 2. The van der Waals surface area contributed by atoms with Crippen molar-refractivity contribution in [3.8, 4) is 0 Å². The molecular formula is C20H17F7N4O2. The Labute approximate surface area is 182 Å². The fourth-order valence-corrected chi connectivity index (χ4v) is 3.41. The van der Waals surface area contributed by atoms with Crippen molar-refractivity contribution in [2.75, 3.05) is 5.32 Å². The molecule has 0 aliphatic carbocycles. The van der Waals surface area contributed by atoms with E-state index in [1.54, 1.807) is 0 Å². The second-order valence-corrected chi connectivity index (χ2v) is 7.58. The summed E-state index contributed by atoms with van der Waals surface area (Å²) >= 11 is 0. The number of aliphatic imine (C=N–C) groups is 1. The third kappa shape index (κ3) is 5.01. The summed E-state index contributed by atoms with van der Waals surface area (Å²) in [6, 6.07) is 1.70. The minimum absolute atomic E-state index is 0.0925. The van der Waals surface area contributed by atoms with Crippen molar-refractivity contribution in [2.24, 2.45) is 10.7 Å². The molecule has 13 heteroatoms. The maximum Gasteiger partial charge on any atom is 0.425 e. The van der Waals surface area contributed by atoms with Gasteiger partial charge in [0.2, 0.25) is 0 Å². The fraction of sp³-hybridized carbons (Fsp3) is 0.350. The molecule has 6 nitrogen and oxygen atoms in total. The number of carbonyl (C=O) groups is 1. The van der Waals surface area contributed by atoms with Crippen molar-refractivity contribution in [2.45, 2.75) is 44.5 Å². The van der Waals surface area contributed by atoms with Gasteiger partial charge < -0.3 is 15.8 Å². The van der Waals surface area contributed by atoms with Crippen LogP contribution < -0.4 is 11.1 Å². The van der Waals surface area contributed by atoms with Gasteiger partial charge in [-0.1, -0.05) is 0 Å². The van der Waals surface area contributed by atoms with Crippen LogP contribution in [0.15, 0.2) is 29.4 Å². The number of hydrogen-bond donors (Lipinski definition) is 2. The third-order valence-corrected chi connectivity index (χ3v) is 5.00. The molecule has 0 bridgehead atoms. The molecule has 178 valence electrons. The topological polar surface area (TPSA) is 89.6 Å². The lowest BCUT2D eigenvalue weighted by Crippen LogP contribution is -2.46. The number of rotatable bonds is 4. The zero-order valence-electron chi connectivity index (χ0n) is 17.1. The number of aryl methyl sites for hydroxylation is 1. The average molecular weight is 478 g/mol. The van der Waals surface area contributed by atoms with Gasteiger partial charge in [0, 0.05) is 35.5 Å². The standard InChI is InChI=1S/C20H17F7N4O2/c1-8-3-9(16(23)24)7-29-15(8)17(32)30-10-4-11(14(22)12(21)5-10)19(2)6-13(20(25,26)27)33-18(28)31-19/h3-5,7,13,16H,6H2,1-2H3,(H2,28,31)(H,30,32)/t13-,19+/m0/s1. The molecule has 0 fully saturated rings. The molecule has 1 aromatic heterocycles. The highest BCUT2D eigenvalue weighted by molar-refractivity contribution is 6.03. The van der Waals surface area contributed by atoms with Crippen molar-refractivity contribution in [1.29, 1.82) is 0 Å². The average Bonchev–Trinajstić information content (AvgIpc) is 2.68. The van der Waals surface area contributed by atoms with Crippen LogP contribution in [-0.4, -0.2) is 29.2 Å². The molecule has 1 amide bonds. The Bertz CT molecular complexity index is 1120. The lowest BCUT2D eigenvalue weighted by atomic mass is 9.85. The maximum absolute atomic E-state index is 14.6. The van der Waals surface area contributed by atoms with Gasteiger partial charge in [0.05, 0.1) is 5.54 Å². The van der Waals surface area contributed by atoms with Gasteiger partial charge in [-0.05, 0) is 31.5 Å². The highest BCUT2D eigenvalue weighted by atomic mass is 19.4. The number of alkyl halides is 5. The van der Waals surface area contributed by atoms with Crippen LogP contribution >= 0.6 is 0 Å². The number of benzene rings is 1. The first-order chi connectivity index (χ1) is 15.2. The molecule has 0 unspecified atom stereocenters. The molecule has 0 saturated carbocycles. The van der Waals surface area contributed by atoms with E-state index in [1.165, 1.54) is 6.92 Å². The largest absolute Gasteiger partial charge is 0.452 e. The smallest absolute Gasteiger partial charge is 0.425 e. The van der Waals surface area contributed by atoms with Gasteiger partial charge in [-0.25, -0.2) is 22.6 Å². The van der Waals surface area contributed by atoms with Crippen molar-refractivity contribution in [3.63, 3.8) is 0 Å². The first-order valence-electron chi connectivity index (χ1n) is 9.35. The van der Waals surface area contributed by atoms with Crippen LogP contribution in [0.4, 0.5) is 36.4 Å². The Morgan fingerprint density at radius 1 is 1.27 bits per heavy atom. The summed E-state index contributed by atoms with van der Waals surface area (Å²) < 4.78 is 98.5. The van der Waals surface area contributed by atoms with E-state index in [0.717, 1.165) is 25.3 Å². The Morgan fingerprint density at radius 3 is 2.52 bits per heavy atom. The molecule has 2 heterocycles. The zero-order chi connectivity index (χ0) is 24.7. The fourth-order valence-electron chi connectivity index (χ4n) is 3.41. The maximum atomic E-state index is 14.6. The summed E-state index contributed by atoms with van der Waals surface area (Å²) in [6.45, 7) is 2.46. The monoisotopic (exact) mass is 478 g/mol. The minimum Gasteiger partial charge on any atom is -0.452 e. The molecule has 0 saturated heterocycles. The number of carbonyl (C=O) groups excluding carboxylic acids is 1. The van der Waals surface area contributed by atoms with Gasteiger partial charge in [-0.3, -0.25) is 9.78 Å². The predicted octanol–water partition coefficient (Wildman–Crippen LogP) is 4.74. The number of amides is 1. The zero-order valence-corrected chi connectivity index (χ0v) is 17.1. The molecule has 1 aromatic carbocycles. The summed E-state index contributed by atoms with van der Waals surface area (Å²) in [5.74, 6) is -3.88. The van der Waals surface area contributed by atoms with Crippen LogP contribution in [0.2, 0.25) is 0 Å². The van der Waals surface area contributed by atoms with Crippen LogP contribution in [0, 0.1) is 18.6 Å². The number of nitrogens with two attached hydrogens (primary N) is 1. The Hall–Kier alpha value is -3.38. The molecule has 0 spiro atoms.